The van der Waals surface area contributed by atoms with Crippen molar-refractivity contribution in [3.8, 4) is 5.75 Å². The fraction of sp³-hybridized carbons (Fsp3) is 0.318. The van der Waals surface area contributed by atoms with Crippen molar-refractivity contribution in [3.05, 3.63) is 36.3 Å². The number of nitrogens with one attached hydrogen (secondary N) is 2. The number of benzene rings is 1. The van der Waals surface area contributed by atoms with Crippen LogP contribution in [0.2, 0.25) is 0 Å². The molecular formula is C22H27N7O4. The summed E-state index contributed by atoms with van der Waals surface area (Å²) >= 11 is 0. The summed E-state index contributed by atoms with van der Waals surface area (Å²) in [7, 11) is 5.19. The van der Waals surface area contributed by atoms with Crippen molar-refractivity contribution in [1.29, 1.82) is 0 Å². The monoisotopic (exact) mass is 453 g/mol. The molecule has 0 aliphatic heterocycles. The van der Waals surface area contributed by atoms with Crippen molar-refractivity contribution in [2.75, 3.05) is 32.3 Å². The summed E-state index contributed by atoms with van der Waals surface area (Å²) in [5.41, 5.74) is 9.68. The summed E-state index contributed by atoms with van der Waals surface area (Å²) in [6.45, 7) is -0.250. The number of fused-ring (bicyclic) bond motifs is 1. The van der Waals surface area contributed by atoms with Crippen LogP contribution in [0.25, 0.3) is 16.5 Å². The summed E-state index contributed by atoms with van der Waals surface area (Å²) in [5.74, 6) is 1.81. The molecule has 0 saturated carbocycles. The number of ether oxygens (including phenoxy) is 1. The molecule has 0 radical (unpaired) electrons. The molecule has 174 valence electrons. The van der Waals surface area contributed by atoms with Crippen molar-refractivity contribution in [3.63, 3.8) is 0 Å². The van der Waals surface area contributed by atoms with Gasteiger partial charge in [0.05, 0.1) is 30.1 Å². The number of nitrogens with two attached hydrogens (primary N) is 1. The third-order valence-electron chi connectivity index (χ3n) is 5.41. The van der Waals surface area contributed by atoms with Crippen molar-refractivity contribution >= 4 is 46.2 Å². The van der Waals surface area contributed by atoms with Crippen LogP contribution in [0.15, 0.2) is 30.7 Å². The zero-order chi connectivity index (χ0) is 24.0. The van der Waals surface area contributed by atoms with E-state index in [9.17, 15) is 4.79 Å². The Morgan fingerprint density at radius 3 is 2.76 bits per heavy atom. The van der Waals surface area contributed by atoms with E-state index in [4.69, 9.17) is 20.4 Å². The van der Waals surface area contributed by atoms with E-state index in [1.807, 2.05) is 12.1 Å². The summed E-state index contributed by atoms with van der Waals surface area (Å²) < 4.78 is 5.53. The zero-order valence-electron chi connectivity index (χ0n) is 18.7. The Labute approximate surface area is 190 Å². The maximum Gasteiger partial charge on any atom is 0.290 e. The van der Waals surface area contributed by atoms with Crippen LogP contribution in [-0.2, 0) is 9.59 Å². The molecular weight excluding hydrogens is 426 g/mol. The Morgan fingerprint density at radius 2 is 2.12 bits per heavy atom. The predicted molar refractivity (Wildman–Crippen MR) is 125 cm³/mol. The van der Waals surface area contributed by atoms with Crippen molar-refractivity contribution in [2.24, 2.45) is 5.92 Å². The lowest BCUT2D eigenvalue weighted by atomic mass is 9.86. The van der Waals surface area contributed by atoms with E-state index in [2.05, 4.69) is 31.6 Å². The number of carboxylic acid groups (broad SMARTS) is 1. The van der Waals surface area contributed by atoms with Crippen LogP contribution in [0.5, 0.6) is 5.75 Å². The second-order valence-electron chi connectivity index (χ2n) is 7.66. The molecule has 2 heterocycles. The minimum absolute atomic E-state index is 0.00499. The smallest absolute Gasteiger partial charge is 0.290 e. The van der Waals surface area contributed by atoms with Gasteiger partial charge in [-0.15, -0.1) is 0 Å². The van der Waals surface area contributed by atoms with Gasteiger partial charge in [0.15, 0.2) is 0 Å². The van der Waals surface area contributed by atoms with E-state index in [0.29, 0.717) is 23.8 Å². The van der Waals surface area contributed by atoms with Gasteiger partial charge >= 0.3 is 0 Å². The number of allylic oxidation sites excluding steroid dienone is 2. The zero-order valence-corrected chi connectivity index (χ0v) is 18.7. The summed E-state index contributed by atoms with van der Waals surface area (Å²) in [6, 6.07) is 3.83. The van der Waals surface area contributed by atoms with Crippen LogP contribution in [0.4, 0.5) is 17.3 Å². The van der Waals surface area contributed by atoms with Gasteiger partial charge in [-0.3, -0.25) is 14.7 Å². The third-order valence-corrected chi connectivity index (χ3v) is 5.41. The van der Waals surface area contributed by atoms with E-state index in [1.165, 1.54) is 6.33 Å². The van der Waals surface area contributed by atoms with Crippen LogP contribution in [-0.4, -0.2) is 63.8 Å². The Bertz CT molecular complexity index is 1170. The number of aromatic amines is 1. The van der Waals surface area contributed by atoms with Gasteiger partial charge in [0.1, 0.15) is 23.7 Å². The molecule has 33 heavy (non-hydrogen) atoms. The molecule has 11 nitrogen and oxygen atoms in total. The molecule has 1 atom stereocenters. The highest BCUT2D eigenvalue weighted by molar-refractivity contribution is 5.89. The predicted octanol–water partition coefficient (Wildman–Crippen LogP) is 2.66. The number of rotatable bonds is 5. The van der Waals surface area contributed by atoms with Crippen LogP contribution in [0.3, 0.4) is 0 Å². The lowest BCUT2D eigenvalue weighted by Crippen LogP contribution is -2.30. The van der Waals surface area contributed by atoms with Gasteiger partial charge in [0, 0.05) is 31.5 Å². The second kappa shape index (κ2) is 10.4. The lowest BCUT2D eigenvalue weighted by molar-refractivity contribution is -0.133. The average Bonchev–Trinajstić information content (AvgIpc) is 3.26. The number of hydrogen-bond acceptors (Lipinski definition) is 8. The van der Waals surface area contributed by atoms with Gasteiger partial charge in [-0.25, -0.2) is 9.97 Å². The Balaban J connectivity index is 0.000000968. The Morgan fingerprint density at radius 1 is 1.36 bits per heavy atom. The molecule has 0 spiro atoms. The number of carbonyl (C=O) groups is 2. The van der Waals surface area contributed by atoms with E-state index in [-0.39, 0.29) is 18.3 Å². The average molecular weight is 454 g/mol. The van der Waals surface area contributed by atoms with Gasteiger partial charge in [-0.2, -0.15) is 5.10 Å². The maximum atomic E-state index is 12.3. The van der Waals surface area contributed by atoms with Crippen molar-refractivity contribution < 1.29 is 19.4 Å². The molecule has 1 amide bonds. The first kappa shape index (κ1) is 23.5. The molecule has 0 saturated heterocycles. The first-order valence-corrected chi connectivity index (χ1v) is 10.3. The van der Waals surface area contributed by atoms with E-state index < -0.39 is 0 Å². The van der Waals surface area contributed by atoms with Crippen molar-refractivity contribution in [2.45, 2.75) is 19.3 Å². The van der Waals surface area contributed by atoms with Gasteiger partial charge in [0.25, 0.3) is 6.47 Å². The summed E-state index contributed by atoms with van der Waals surface area (Å²) in [4.78, 5) is 30.9. The molecule has 5 N–H and O–H groups in total. The topological polar surface area (TPSA) is 159 Å². The number of aromatic nitrogens is 4. The van der Waals surface area contributed by atoms with E-state index >= 15 is 0 Å². The Kier molecular flexibility index (Phi) is 7.44. The highest BCUT2D eigenvalue weighted by Gasteiger charge is 2.25. The molecule has 1 unspecified atom stereocenters. The first-order valence-electron chi connectivity index (χ1n) is 10.3. The highest BCUT2D eigenvalue weighted by atomic mass is 16.5. The molecule has 0 fully saturated rings. The first-order chi connectivity index (χ1) is 15.9. The van der Waals surface area contributed by atoms with E-state index in [0.717, 1.165) is 40.6 Å². The molecule has 1 aliphatic carbocycles. The number of methoxy groups -OCH3 is 1. The normalized spacial score (nSPS) is 15.1. The lowest BCUT2D eigenvalue weighted by Gasteiger charge is -2.25. The molecule has 4 rings (SSSR count). The van der Waals surface area contributed by atoms with E-state index in [1.54, 1.807) is 32.3 Å². The quantitative estimate of drug-likeness (QED) is 0.426. The molecule has 3 aromatic rings. The highest BCUT2D eigenvalue weighted by Crippen LogP contribution is 2.38. The van der Waals surface area contributed by atoms with Crippen LogP contribution in [0.1, 0.15) is 24.8 Å². The fourth-order valence-electron chi connectivity index (χ4n) is 3.83. The molecule has 1 aromatic carbocycles. The van der Waals surface area contributed by atoms with Gasteiger partial charge in [-0.05, 0) is 30.9 Å². The fourth-order valence-corrected chi connectivity index (χ4v) is 3.83. The van der Waals surface area contributed by atoms with Crippen LogP contribution in [0, 0.1) is 5.92 Å². The molecule has 0 bridgehead atoms. The maximum absolute atomic E-state index is 12.3. The molecule has 1 aliphatic rings. The second-order valence-corrected chi connectivity index (χ2v) is 7.66. The number of nitrogens with zero attached hydrogens (tertiary/aromatic N) is 4. The van der Waals surface area contributed by atoms with Gasteiger partial charge in [-0.1, -0.05) is 6.08 Å². The number of anilines is 3. The number of carbonyl (C=O) groups excluding carboxylic acids is 1. The standard InChI is InChI=1S/C21H25N7O2.CH2O2/c1-28(2)21(29)13-6-4-12(5-7-13)18-19(22)23-11-24-20(18)26-16-8-14-10-25-27-15(14)9-17(16)30-3;2-1-3/h4,8-11,13H,5-7H2,1-3H3,(H,25,27)(H3,22,23,24,26);1H,(H,2,3). The largest absolute Gasteiger partial charge is 0.494 e. The number of hydrogen-bond donors (Lipinski definition) is 4. The molecule has 2 aromatic heterocycles. The summed E-state index contributed by atoms with van der Waals surface area (Å²) in [5, 5.41) is 18.2. The van der Waals surface area contributed by atoms with Gasteiger partial charge in [0.2, 0.25) is 5.91 Å². The SMILES string of the molecule is COc1cc2[nH]ncc2cc1Nc1ncnc(N)c1C1=CCC(C(=O)N(C)C)CC1.O=CO. The minimum atomic E-state index is -0.250. The van der Waals surface area contributed by atoms with Gasteiger partial charge < -0.3 is 25.8 Å². The minimum Gasteiger partial charge on any atom is -0.494 e. The molecule has 11 heteroatoms. The third kappa shape index (κ3) is 5.20. The van der Waals surface area contributed by atoms with Crippen LogP contribution < -0.4 is 15.8 Å². The number of nitrogen functional groups attached to an aromatic ring is 1. The number of H-pyrrole nitrogens is 1. The number of amides is 1. The van der Waals surface area contributed by atoms with Crippen molar-refractivity contribution in [1.82, 2.24) is 25.1 Å². The summed E-state index contributed by atoms with van der Waals surface area (Å²) in [6.07, 6.45) is 7.43. The Hall–Kier alpha value is -4.15. The van der Waals surface area contributed by atoms with Crippen LogP contribution >= 0.6 is 0 Å².